The Balaban J connectivity index is 2.01. The van der Waals surface area contributed by atoms with Crippen molar-refractivity contribution in [3.05, 3.63) is 0 Å². The maximum absolute atomic E-state index is 5.29. The van der Waals surface area contributed by atoms with Crippen molar-refractivity contribution in [3.8, 4) is 0 Å². The van der Waals surface area contributed by atoms with Gasteiger partial charge in [0.1, 0.15) is 0 Å². The molecule has 0 bridgehead atoms. The minimum atomic E-state index is 0.307. The number of ether oxygens (including phenoxy) is 2. The van der Waals surface area contributed by atoms with Crippen molar-refractivity contribution in [2.75, 3.05) is 26.9 Å². The lowest BCUT2D eigenvalue weighted by Crippen LogP contribution is -2.22. The monoisotopic (exact) mass is 159 g/mol. The third-order valence-corrected chi connectivity index (χ3v) is 1.99. The van der Waals surface area contributed by atoms with Crippen molar-refractivity contribution < 1.29 is 9.47 Å². The van der Waals surface area contributed by atoms with Gasteiger partial charge in [0.25, 0.3) is 0 Å². The Morgan fingerprint density at radius 2 is 2.27 bits per heavy atom. The lowest BCUT2D eigenvalue weighted by Gasteiger charge is -2.13. The predicted octanol–water partition coefficient (Wildman–Crippen LogP) is 0.387. The molecule has 1 rings (SSSR count). The zero-order chi connectivity index (χ0) is 8.10. The van der Waals surface area contributed by atoms with Crippen LogP contribution in [0.2, 0.25) is 0 Å². The molecule has 0 aromatic rings. The highest BCUT2D eigenvalue weighted by Gasteiger charge is 2.31. The molecule has 0 saturated heterocycles. The molecule has 0 spiro atoms. The standard InChI is InChI=1S/C8H17NO2/c1-10-8(7-2-3-7)6-11-5-4-9/h7-8H,2-6,9H2,1H3. The van der Waals surface area contributed by atoms with Crippen LogP contribution in [0.15, 0.2) is 0 Å². The van der Waals surface area contributed by atoms with Gasteiger partial charge in [-0.3, -0.25) is 0 Å². The Labute approximate surface area is 67.9 Å². The number of methoxy groups -OCH3 is 1. The quantitative estimate of drug-likeness (QED) is 0.570. The largest absolute Gasteiger partial charge is 0.379 e. The van der Waals surface area contributed by atoms with Gasteiger partial charge in [0, 0.05) is 13.7 Å². The molecule has 3 nitrogen and oxygen atoms in total. The van der Waals surface area contributed by atoms with E-state index < -0.39 is 0 Å². The smallest absolute Gasteiger partial charge is 0.0832 e. The van der Waals surface area contributed by atoms with E-state index in [0.717, 1.165) is 5.92 Å². The van der Waals surface area contributed by atoms with Crippen molar-refractivity contribution in [1.82, 2.24) is 0 Å². The van der Waals surface area contributed by atoms with Crippen LogP contribution in [0.1, 0.15) is 12.8 Å². The average molecular weight is 159 g/mol. The first-order valence-corrected chi connectivity index (χ1v) is 4.19. The van der Waals surface area contributed by atoms with Crippen molar-refractivity contribution >= 4 is 0 Å². The van der Waals surface area contributed by atoms with E-state index in [2.05, 4.69) is 0 Å². The number of hydrogen-bond donors (Lipinski definition) is 1. The summed E-state index contributed by atoms with van der Waals surface area (Å²) in [6, 6.07) is 0. The lowest BCUT2D eigenvalue weighted by molar-refractivity contribution is -0.000626. The van der Waals surface area contributed by atoms with Gasteiger partial charge in [-0.15, -0.1) is 0 Å². The summed E-state index contributed by atoms with van der Waals surface area (Å²) in [5.41, 5.74) is 5.28. The molecule has 1 unspecified atom stereocenters. The summed E-state index contributed by atoms with van der Waals surface area (Å²) >= 11 is 0. The molecule has 1 fully saturated rings. The Bertz CT molecular complexity index is 104. The molecule has 2 N–H and O–H groups in total. The molecule has 3 heteroatoms. The third-order valence-electron chi connectivity index (χ3n) is 1.99. The van der Waals surface area contributed by atoms with Crippen LogP contribution in [0.3, 0.4) is 0 Å². The number of hydrogen-bond acceptors (Lipinski definition) is 3. The Hall–Kier alpha value is -0.120. The summed E-state index contributed by atoms with van der Waals surface area (Å²) in [6.45, 7) is 1.95. The third kappa shape index (κ3) is 3.18. The molecule has 1 atom stereocenters. The lowest BCUT2D eigenvalue weighted by atomic mass is 10.2. The normalized spacial score (nSPS) is 20.2. The number of nitrogens with two attached hydrogens (primary N) is 1. The van der Waals surface area contributed by atoms with Crippen LogP contribution in [0, 0.1) is 5.92 Å². The van der Waals surface area contributed by atoms with E-state index in [1.54, 1.807) is 7.11 Å². The van der Waals surface area contributed by atoms with Crippen LogP contribution in [0.25, 0.3) is 0 Å². The molecule has 0 heterocycles. The van der Waals surface area contributed by atoms with Crippen molar-refractivity contribution in [1.29, 1.82) is 0 Å². The topological polar surface area (TPSA) is 44.5 Å². The van der Waals surface area contributed by atoms with Crippen LogP contribution < -0.4 is 5.73 Å². The highest BCUT2D eigenvalue weighted by Crippen LogP contribution is 2.33. The first kappa shape index (κ1) is 8.97. The van der Waals surface area contributed by atoms with E-state index in [9.17, 15) is 0 Å². The zero-order valence-electron chi connectivity index (χ0n) is 7.08. The van der Waals surface area contributed by atoms with E-state index in [1.807, 2.05) is 0 Å². The van der Waals surface area contributed by atoms with Gasteiger partial charge in [-0.05, 0) is 18.8 Å². The van der Waals surface area contributed by atoms with Crippen LogP contribution in [-0.4, -0.2) is 33.0 Å². The fraction of sp³-hybridized carbons (Fsp3) is 1.00. The molecule has 0 radical (unpaired) electrons. The molecule has 0 amide bonds. The van der Waals surface area contributed by atoms with Crippen molar-refractivity contribution in [3.63, 3.8) is 0 Å². The fourth-order valence-corrected chi connectivity index (χ4v) is 1.15. The Morgan fingerprint density at radius 1 is 1.55 bits per heavy atom. The first-order chi connectivity index (χ1) is 5.38. The summed E-state index contributed by atoms with van der Waals surface area (Å²) in [5, 5.41) is 0. The molecular weight excluding hydrogens is 142 g/mol. The molecule has 1 saturated carbocycles. The molecule has 0 aromatic heterocycles. The molecule has 1 aliphatic rings. The molecular formula is C8H17NO2. The molecule has 1 aliphatic carbocycles. The summed E-state index contributed by atoms with van der Waals surface area (Å²) in [6.07, 6.45) is 2.90. The minimum Gasteiger partial charge on any atom is -0.379 e. The van der Waals surface area contributed by atoms with Crippen LogP contribution in [0.4, 0.5) is 0 Å². The van der Waals surface area contributed by atoms with Crippen LogP contribution in [0.5, 0.6) is 0 Å². The second-order valence-electron chi connectivity index (χ2n) is 2.98. The zero-order valence-corrected chi connectivity index (χ0v) is 7.08. The van der Waals surface area contributed by atoms with Crippen LogP contribution in [-0.2, 0) is 9.47 Å². The second kappa shape index (κ2) is 4.70. The Morgan fingerprint density at radius 3 is 2.73 bits per heavy atom. The van der Waals surface area contributed by atoms with Crippen molar-refractivity contribution in [2.45, 2.75) is 18.9 Å². The highest BCUT2D eigenvalue weighted by molar-refractivity contribution is 4.81. The Kier molecular flexibility index (Phi) is 3.83. The predicted molar refractivity (Wildman–Crippen MR) is 43.4 cm³/mol. The van der Waals surface area contributed by atoms with Gasteiger partial charge in [0.2, 0.25) is 0 Å². The van der Waals surface area contributed by atoms with Gasteiger partial charge >= 0.3 is 0 Å². The molecule has 66 valence electrons. The maximum atomic E-state index is 5.29. The van der Waals surface area contributed by atoms with Gasteiger partial charge in [0.05, 0.1) is 19.3 Å². The summed E-state index contributed by atoms with van der Waals surface area (Å²) in [7, 11) is 1.74. The number of rotatable bonds is 6. The van der Waals surface area contributed by atoms with E-state index >= 15 is 0 Å². The van der Waals surface area contributed by atoms with Gasteiger partial charge in [-0.25, -0.2) is 0 Å². The molecule has 0 aromatic carbocycles. The van der Waals surface area contributed by atoms with Crippen LogP contribution >= 0.6 is 0 Å². The van der Waals surface area contributed by atoms with Crippen molar-refractivity contribution in [2.24, 2.45) is 11.7 Å². The summed E-state index contributed by atoms with van der Waals surface area (Å²) < 4.78 is 10.5. The van der Waals surface area contributed by atoms with Gasteiger partial charge in [-0.2, -0.15) is 0 Å². The molecule has 0 aliphatic heterocycles. The fourth-order valence-electron chi connectivity index (χ4n) is 1.15. The van der Waals surface area contributed by atoms with E-state index in [1.165, 1.54) is 12.8 Å². The summed E-state index contributed by atoms with van der Waals surface area (Å²) in [4.78, 5) is 0. The van der Waals surface area contributed by atoms with E-state index in [4.69, 9.17) is 15.2 Å². The maximum Gasteiger partial charge on any atom is 0.0832 e. The van der Waals surface area contributed by atoms with E-state index in [-0.39, 0.29) is 0 Å². The van der Waals surface area contributed by atoms with Gasteiger partial charge in [-0.1, -0.05) is 0 Å². The van der Waals surface area contributed by atoms with Gasteiger partial charge < -0.3 is 15.2 Å². The second-order valence-corrected chi connectivity index (χ2v) is 2.98. The highest BCUT2D eigenvalue weighted by atomic mass is 16.5. The molecule has 11 heavy (non-hydrogen) atoms. The SMILES string of the molecule is COC(COCCN)C1CC1. The average Bonchev–Trinajstić information content (AvgIpc) is 2.81. The first-order valence-electron chi connectivity index (χ1n) is 4.19. The summed E-state index contributed by atoms with van der Waals surface area (Å²) in [5.74, 6) is 0.748. The van der Waals surface area contributed by atoms with Gasteiger partial charge in [0.15, 0.2) is 0 Å². The van der Waals surface area contributed by atoms with E-state index in [0.29, 0.717) is 25.9 Å². The minimum absolute atomic E-state index is 0.307.